The molecule has 2 rings (SSSR count). The Morgan fingerprint density at radius 2 is 2.06 bits per heavy atom. The van der Waals surface area contributed by atoms with Crippen LogP contribution in [0.3, 0.4) is 0 Å². The largest absolute Gasteiger partial charge is 0.383 e. The summed E-state index contributed by atoms with van der Waals surface area (Å²) in [4.78, 5) is 2.47. The predicted molar refractivity (Wildman–Crippen MR) is 77.6 cm³/mol. The molecule has 1 fully saturated rings. The number of ether oxygens (including phenoxy) is 1. The zero-order chi connectivity index (χ0) is 13.0. The summed E-state index contributed by atoms with van der Waals surface area (Å²) in [6.07, 6.45) is 2.65. The van der Waals surface area contributed by atoms with Gasteiger partial charge in [-0.15, -0.1) is 0 Å². The Hall–Kier alpha value is -1.22. The van der Waals surface area contributed by atoms with E-state index in [1.54, 1.807) is 7.11 Å². The maximum Gasteiger partial charge on any atom is 0.0661 e. The van der Waals surface area contributed by atoms with E-state index in [1.807, 2.05) is 0 Å². The zero-order valence-corrected chi connectivity index (χ0v) is 11.7. The maximum atomic E-state index is 5.15. The van der Waals surface area contributed by atoms with Crippen LogP contribution in [-0.4, -0.2) is 32.8 Å². The molecule has 3 nitrogen and oxygen atoms in total. The van der Waals surface area contributed by atoms with Crippen LogP contribution < -0.4 is 10.2 Å². The van der Waals surface area contributed by atoms with Crippen LogP contribution in [0.2, 0.25) is 0 Å². The number of hydrogen-bond acceptors (Lipinski definition) is 3. The molecule has 18 heavy (non-hydrogen) atoms. The van der Waals surface area contributed by atoms with Crippen molar-refractivity contribution in [3.63, 3.8) is 0 Å². The van der Waals surface area contributed by atoms with Crippen LogP contribution in [-0.2, 0) is 4.74 Å². The van der Waals surface area contributed by atoms with E-state index in [1.165, 1.54) is 42.9 Å². The first-order valence-corrected chi connectivity index (χ1v) is 6.82. The lowest BCUT2D eigenvalue weighted by atomic mass is 10.1. The van der Waals surface area contributed by atoms with Crippen LogP contribution in [0.5, 0.6) is 0 Å². The molecular weight excluding hydrogens is 224 g/mol. The van der Waals surface area contributed by atoms with Gasteiger partial charge in [-0.3, -0.25) is 0 Å². The standard InChI is InChI=1S/C15H24N2O/c1-12-10-14(17-8-4-5-9-17)6-7-15(12)16-13(2)11-18-3/h6-7,10,13,16H,4-5,8-9,11H2,1-3H3. The summed E-state index contributed by atoms with van der Waals surface area (Å²) >= 11 is 0. The van der Waals surface area contributed by atoms with Crippen molar-refractivity contribution < 1.29 is 4.74 Å². The van der Waals surface area contributed by atoms with Crippen molar-refractivity contribution in [1.29, 1.82) is 0 Å². The van der Waals surface area contributed by atoms with Gasteiger partial charge < -0.3 is 15.0 Å². The second-order valence-corrected chi connectivity index (χ2v) is 5.19. The third kappa shape index (κ3) is 3.16. The Morgan fingerprint density at radius 1 is 1.33 bits per heavy atom. The van der Waals surface area contributed by atoms with Crippen LogP contribution in [0.15, 0.2) is 18.2 Å². The molecule has 1 heterocycles. The Morgan fingerprint density at radius 3 is 2.67 bits per heavy atom. The van der Waals surface area contributed by atoms with Crippen molar-refractivity contribution in [2.75, 3.05) is 37.0 Å². The third-order valence-electron chi connectivity index (χ3n) is 3.50. The Kier molecular flexibility index (Phi) is 4.48. The molecule has 1 aromatic rings. The fourth-order valence-electron chi connectivity index (χ4n) is 2.54. The number of nitrogens with zero attached hydrogens (tertiary/aromatic N) is 1. The van der Waals surface area contributed by atoms with Crippen molar-refractivity contribution in [2.24, 2.45) is 0 Å². The van der Waals surface area contributed by atoms with E-state index in [4.69, 9.17) is 4.74 Å². The fourth-order valence-corrected chi connectivity index (χ4v) is 2.54. The number of methoxy groups -OCH3 is 1. The topological polar surface area (TPSA) is 24.5 Å². The van der Waals surface area contributed by atoms with Crippen LogP contribution in [0.25, 0.3) is 0 Å². The zero-order valence-electron chi connectivity index (χ0n) is 11.7. The number of aryl methyl sites for hydroxylation is 1. The maximum absolute atomic E-state index is 5.15. The lowest BCUT2D eigenvalue weighted by Gasteiger charge is -2.21. The summed E-state index contributed by atoms with van der Waals surface area (Å²) in [6.45, 7) is 7.44. The first kappa shape index (κ1) is 13.2. The minimum atomic E-state index is 0.339. The van der Waals surface area contributed by atoms with E-state index in [0.29, 0.717) is 6.04 Å². The second-order valence-electron chi connectivity index (χ2n) is 5.19. The molecule has 3 heteroatoms. The lowest BCUT2D eigenvalue weighted by Crippen LogP contribution is -2.22. The average Bonchev–Trinajstić information content (AvgIpc) is 2.85. The molecule has 1 atom stereocenters. The van der Waals surface area contributed by atoms with Gasteiger partial charge >= 0.3 is 0 Å². The first-order valence-electron chi connectivity index (χ1n) is 6.82. The SMILES string of the molecule is COCC(C)Nc1ccc(N2CCCC2)cc1C. The molecule has 1 saturated heterocycles. The van der Waals surface area contributed by atoms with Crippen molar-refractivity contribution in [3.05, 3.63) is 23.8 Å². The summed E-state index contributed by atoms with van der Waals surface area (Å²) in [6, 6.07) is 7.04. The van der Waals surface area contributed by atoms with Gasteiger partial charge in [0.15, 0.2) is 0 Å². The lowest BCUT2D eigenvalue weighted by molar-refractivity contribution is 0.190. The highest BCUT2D eigenvalue weighted by Gasteiger charge is 2.13. The Bertz CT molecular complexity index is 386. The van der Waals surface area contributed by atoms with Crippen molar-refractivity contribution in [3.8, 4) is 0 Å². The van der Waals surface area contributed by atoms with Crippen LogP contribution >= 0.6 is 0 Å². The summed E-state index contributed by atoms with van der Waals surface area (Å²) in [5.41, 5.74) is 3.87. The van der Waals surface area contributed by atoms with E-state index in [9.17, 15) is 0 Å². The number of benzene rings is 1. The molecular formula is C15H24N2O. The van der Waals surface area contributed by atoms with Gasteiger partial charge in [-0.25, -0.2) is 0 Å². The summed E-state index contributed by atoms with van der Waals surface area (Å²) in [7, 11) is 1.74. The van der Waals surface area contributed by atoms with Crippen LogP contribution in [0, 0.1) is 6.92 Å². The molecule has 1 aliphatic rings. The molecule has 0 spiro atoms. The fraction of sp³-hybridized carbons (Fsp3) is 0.600. The number of rotatable bonds is 5. The average molecular weight is 248 g/mol. The molecule has 1 aromatic carbocycles. The molecule has 0 bridgehead atoms. The molecule has 0 saturated carbocycles. The smallest absolute Gasteiger partial charge is 0.0661 e. The molecule has 1 N–H and O–H groups in total. The molecule has 100 valence electrons. The van der Waals surface area contributed by atoms with E-state index in [0.717, 1.165) is 6.61 Å². The van der Waals surface area contributed by atoms with Gasteiger partial charge in [-0.2, -0.15) is 0 Å². The monoisotopic (exact) mass is 248 g/mol. The number of nitrogens with one attached hydrogen (secondary N) is 1. The highest BCUT2D eigenvalue weighted by Crippen LogP contribution is 2.25. The number of anilines is 2. The van der Waals surface area contributed by atoms with Gasteiger partial charge in [0.25, 0.3) is 0 Å². The summed E-state index contributed by atoms with van der Waals surface area (Å²) in [5, 5.41) is 3.49. The van der Waals surface area contributed by atoms with E-state index in [-0.39, 0.29) is 0 Å². The third-order valence-corrected chi connectivity index (χ3v) is 3.50. The van der Waals surface area contributed by atoms with Crippen LogP contribution in [0.4, 0.5) is 11.4 Å². The Balaban J connectivity index is 2.04. The van der Waals surface area contributed by atoms with Gasteiger partial charge in [0.2, 0.25) is 0 Å². The molecule has 0 radical (unpaired) electrons. The van der Waals surface area contributed by atoms with Gasteiger partial charge in [0.1, 0.15) is 0 Å². The molecule has 0 aliphatic carbocycles. The van der Waals surface area contributed by atoms with Gasteiger partial charge in [0.05, 0.1) is 6.61 Å². The summed E-state index contributed by atoms with van der Waals surface area (Å²) in [5.74, 6) is 0. The van der Waals surface area contributed by atoms with Gasteiger partial charge in [-0.05, 0) is 50.5 Å². The number of hydrogen-bond donors (Lipinski definition) is 1. The predicted octanol–water partition coefficient (Wildman–Crippen LogP) is 3.04. The first-order chi connectivity index (χ1) is 8.70. The summed E-state index contributed by atoms with van der Waals surface area (Å²) < 4.78 is 5.15. The van der Waals surface area contributed by atoms with E-state index < -0.39 is 0 Å². The van der Waals surface area contributed by atoms with Gasteiger partial charge in [0, 0.05) is 37.6 Å². The van der Waals surface area contributed by atoms with Crippen LogP contribution in [0.1, 0.15) is 25.3 Å². The van der Waals surface area contributed by atoms with E-state index in [2.05, 4.69) is 42.3 Å². The van der Waals surface area contributed by atoms with Gasteiger partial charge in [-0.1, -0.05) is 0 Å². The Labute approximate surface area is 110 Å². The second kappa shape index (κ2) is 6.10. The van der Waals surface area contributed by atoms with Crippen molar-refractivity contribution in [1.82, 2.24) is 0 Å². The molecule has 1 unspecified atom stereocenters. The quantitative estimate of drug-likeness (QED) is 0.867. The highest BCUT2D eigenvalue weighted by molar-refractivity contribution is 5.60. The molecule has 1 aliphatic heterocycles. The normalized spacial score (nSPS) is 16.9. The highest BCUT2D eigenvalue weighted by atomic mass is 16.5. The van der Waals surface area contributed by atoms with E-state index >= 15 is 0 Å². The van der Waals surface area contributed by atoms with Crippen molar-refractivity contribution >= 4 is 11.4 Å². The molecule has 0 amide bonds. The molecule has 0 aromatic heterocycles. The van der Waals surface area contributed by atoms with Crippen molar-refractivity contribution in [2.45, 2.75) is 32.7 Å². The minimum Gasteiger partial charge on any atom is -0.383 e. The minimum absolute atomic E-state index is 0.339.